The van der Waals surface area contributed by atoms with E-state index in [-0.39, 0.29) is 23.6 Å². The van der Waals surface area contributed by atoms with E-state index in [9.17, 15) is 27.2 Å². The van der Waals surface area contributed by atoms with Gasteiger partial charge in [-0.2, -0.15) is 13.2 Å². The van der Waals surface area contributed by atoms with Crippen LogP contribution in [0.5, 0.6) is 0 Å². The van der Waals surface area contributed by atoms with E-state index in [4.69, 9.17) is 0 Å². The minimum absolute atomic E-state index is 0.0193. The molecular weight excluding hydrogens is 412 g/mol. The fourth-order valence-corrected chi connectivity index (χ4v) is 3.43. The van der Waals surface area contributed by atoms with Crippen molar-refractivity contribution in [3.05, 3.63) is 75.5 Å². The molecular formula is C23H22F4N2O2. The first-order chi connectivity index (χ1) is 14.5. The van der Waals surface area contributed by atoms with Crippen LogP contribution in [-0.2, 0) is 17.4 Å². The smallest absolute Gasteiger partial charge is 0.325 e. The molecule has 0 fully saturated rings. The number of nitrogens with zero attached hydrogens (tertiary/aromatic N) is 1. The highest BCUT2D eigenvalue weighted by Gasteiger charge is 2.34. The Balaban J connectivity index is 1.90. The zero-order valence-corrected chi connectivity index (χ0v) is 17.3. The molecule has 164 valence electrons. The fourth-order valence-electron chi connectivity index (χ4n) is 3.43. The van der Waals surface area contributed by atoms with Crippen molar-refractivity contribution in [1.29, 1.82) is 0 Å². The molecule has 0 aliphatic heterocycles. The summed E-state index contributed by atoms with van der Waals surface area (Å²) in [6.07, 6.45) is -2.65. The summed E-state index contributed by atoms with van der Waals surface area (Å²) in [5.41, 5.74) is -0.269. The number of hydrogen-bond acceptors (Lipinski definition) is 2. The Kier molecular flexibility index (Phi) is 6.20. The van der Waals surface area contributed by atoms with Crippen molar-refractivity contribution in [3.8, 4) is 0 Å². The van der Waals surface area contributed by atoms with Crippen LogP contribution in [0.15, 0.2) is 47.4 Å². The third kappa shape index (κ3) is 4.62. The van der Waals surface area contributed by atoms with Gasteiger partial charge in [-0.3, -0.25) is 9.59 Å². The van der Waals surface area contributed by atoms with Crippen LogP contribution in [-0.4, -0.2) is 10.5 Å². The highest BCUT2D eigenvalue weighted by Crippen LogP contribution is 2.32. The Bertz CT molecular complexity index is 1200. The number of anilines is 1. The Hall–Kier alpha value is -3.16. The first-order valence-corrected chi connectivity index (χ1v) is 9.82. The number of carbonyl (C=O) groups excluding carboxylic acids is 1. The van der Waals surface area contributed by atoms with Crippen LogP contribution in [0.1, 0.15) is 43.0 Å². The van der Waals surface area contributed by atoms with Gasteiger partial charge in [-0.15, -0.1) is 0 Å². The molecule has 0 aliphatic rings. The monoisotopic (exact) mass is 434 g/mol. The van der Waals surface area contributed by atoms with Gasteiger partial charge >= 0.3 is 6.18 Å². The molecule has 0 saturated carbocycles. The van der Waals surface area contributed by atoms with Gasteiger partial charge in [-0.1, -0.05) is 19.1 Å². The molecule has 4 nitrogen and oxygen atoms in total. The number of rotatable bonds is 5. The number of aromatic nitrogens is 1. The summed E-state index contributed by atoms with van der Waals surface area (Å²) in [5.74, 6) is -1.95. The second-order valence-corrected chi connectivity index (χ2v) is 7.54. The Labute approximate surface area is 176 Å². The number of benzene rings is 2. The Morgan fingerprint density at radius 2 is 1.84 bits per heavy atom. The number of nitrogens with one attached hydrogen (secondary N) is 1. The van der Waals surface area contributed by atoms with E-state index in [0.717, 1.165) is 18.1 Å². The molecule has 0 spiro atoms. The summed E-state index contributed by atoms with van der Waals surface area (Å²) in [5, 5.41) is 3.74. The lowest BCUT2D eigenvalue weighted by molar-refractivity contribution is -0.140. The van der Waals surface area contributed by atoms with E-state index in [1.54, 1.807) is 35.9 Å². The van der Waals surface area contributed by atoms with Crippen LogP contribution in [0.2, 0.25) is 0 Å². The number of aryl methyl sites for hydroxylation is 1. The summed E-state index contributed by atoms with van der Waals surface area (Å²) in [4.78, 5) is 25.4. The quantitative estimate of drug-likeness (QED) is 0.530. The number of amides is 1. The maximum Gasteiger partial charge on any atom is 0.419 e. The second-order valence-electron chi connectivity index (χ2n) is 7.54. The van der Waals surface area contributed by atoms with Crippen LogP contribution in [0.4, 0.5) is 23.2 Å². The van der Waals surface area contributed by atoms with Gasteiger partial charge in [0.15, 0.2) is 0 Å². The summed E-state index contributed by atoms with van der Waals surface area (Å²) in [6, 6.07) is 7.60. The molecule has 0 aliphatic carbocycles. The van der Waals surface area contributed by atoms with Crippen molar-refractivity contribution in [2.75, 3.05) is 5.32 Å². The molecule has 2 aromatic carbocycles. The standard InChI is InChI=1S/C23H22F4N2O2/c1-4-14(3)29-10-9-16-17(22(29)31)7-5-13(2)21(16)28-20(30)12-15-6-8-18(19(24)11-15)23(25,26)27/h5-11,14H,4,12H2,1-3H3,(H,28,30)/t14-/m1/s1. The summed E-state index contributed by atoms with van der Waals surface area (Å²) in [7, 11) is 0. The van der Waals surface area contributed by atoms with Crippen molar-refractivity contribution in [1.82, 2.24) is 4.57 Å². The number of alkyl halides is 3. The van der Waals surface area contributed by atoms with Gasteiger partial charge in [-0.25, -0.2) is 4.39 Å². The molecule has 0 bridgehead atoms. The van der Waals surface area contributed by atoms with Gasteiger partial charge in [0.2, 0.25) is 5.91 Å². The number of carbonyl (C=O) groups is 1. The minimum atomic E-state index is -4.80. The van der Waals surface area contributed by atoms with Crippen LogP contribution in [0.3, 0.4) is 0 Å². The van der Waals surface area contributed by atoms with Gasteiger partial charge in [0.05, 0.1) is 17.7 Å². The number of hydrogen-bond donors (Lipinski definition) is 1. The van der Waals surface area contributed by atoms with Crippen LogP contribution in [0.25, 0.3) is 10.8 Å². The molecule has 3 aromatic rings. The molecule has 1 aromatic heterocycles. The highest BCUT2D eigenvalue weighted by molar-refractivity contribution is 6.03. The van der Waals surface area contributed by atoms with E-state index in [0.29, 0.717) is 28.6 Å². The van der Waals surface area contributed by atoms with Crippen LogP contribution >= 0.6 is 0 Å². The van der Waals surface area contributed by atoms with E-state index >= 15 is 0 Å². The molecule has 1 amide bonds. The third-order valence-electron chi connectivity index (χ3n) is 5.35. The van der Waals surface area contributed by atoms with Crippen molar-refractivity contribution in [2.24, 2.45) is 0 Å². The van der Waals surface area contributed by atoms with E-state index in [1.807, 2.05) is 13.8 Å². The summed E-state index contributed by atoms with van der Waals surface area (Å²) >= 11 is 0. The van der Waals surface area contributed by atoms with Gasteiger partial charge in [0.1, 0.15) is 5.82 Å². The van der Waals surface area contributed by atoms with Gasteiger partial charge < -0.3 is 9.88 Å². The van der Waals surface area contributed by atoms with Gasteiger partial charge in [0, 0.05) is 23.0 Å². The van der Waals surface area contributed by atoms with Crippen molar-refractivity contribution in [3.63, 3.8) is 0 Å². The molecule has 0 radical (unpaired) electrons. The Morgan fingerprint density at radius 3 is 2.45 bits per heavy atom. The average Bonchev–Trinajstić information content (AvgIpc) is 2.69. The van der Waals surface area contributed by atoms with Gasteiger partial charge in [0.25, 0.3) is 5.56 Å². The maximum atomic E-state index is 13.8. The molecule has 1 atom stereocenters. The fraction of sp³-hybridized carbons (Fsp3) is 0.304. The largest absolute Gasteiger partial charge is 0.419 e. The maximum absolute atomic E-state index is 13.8. The van der Waals surface area contributed by atoms with Crippen molar-refractivity contribution in [2.45, 2.75) is 45.8 Å². The minimum Gasteiger partial charge on any atom is -0.325 e. The van der Waals surface area contributed by atoms with Crippen LogP contribution < -0.4 is 10.9 Å². The highest BCUT2D eigenvalue weighted by atomic mass is 19.4. The zero-order valence-electron chi connectivity index (χ0n) is 17.3. The normalized spacial score (nSPS) is 12.7. The van der Waals surface area contributed by atoms with Crippen LogP contribution in [0, 0.1) is 12.7 Å². The molecule has 8 heteroatoms. The van der Waals surface area contributed by atoms with E-state index in [1.165, 1.54) is 0 Å². The molecule has 31 heavy (non-hydrogen) atoms. The summed E-state index contributed by atoms with van der Waals surface area (Å²) < 4.78 is 53.5. The lowest BCUT2D eigenvalue weighted by Gasteiger charge is -2.16. The second kappa shape index (κ2) is 8.53. The number of pyridine rings is 1. The topological polar surface area (TPSA) is 51.1 Å². The predicted octanol–water partition coefficient (Wildman–Crippen LogP) is 5.62. The van der Waals surface area contributed by atoms with E-state index in [2.05, 4.69) is 5.32 Å². The summed E-state index contributed by atoms with van der Waals surface area (Å²) in [6.45, 7) is 5.69. The molecule has 0 saturated heterocycles. The third-order valence-corrected chi connectivity index (χ3v) is 5.35. The molecule has 1 heterocycles. The van der Waals surface area contributed by atoms with Gasteiger partial charge in [-0.05, 0) is 55.7 Å². The first kappa shape index (κ1) is 22.5. The SMILES string of the molecule is CC[C@@H](C)n1ccc2c(NC(=O)Cc3ccc(C(F)(F)F)c(F)c3)c(C)ccc2c1=O. The first-order valence-electron chi connectivity index (χ1n) is 9.82. The van der Waals surface area contributed by atoms with E-state index < -0.39 is 23.5 Å². The lowest BCUT2D eigenvalue weighted by Crippen LogP contribution is -2.23. The lowest BCUT2D eigenvalue weighted by atomic mass is 10.0. The molecule has 0 unspecified atom stereocenters. The Morgan fingerprint density at radius 1 is 1.13 bits per heavy atom. The van der Waals surface area contributed by atoms with Crippen molar-refractivity contribution >= 4 is 22.4 Å². The molecule has 3 rings (SSSR count). The average molecular weight is 434 g/mol. The number of fused-ring (bicyclic) bond motifs is 1. The van der Waals surface area contributed by atoms with Crippen molar-refractivity contribution < 1.29 is 22.4 Å². The predicted molar refractivity (Wildman–Crippen MR) is 112 cm³/mol. The zero-order chi connectivity index (χ0) is 22.9. The molecule has 1 N–H and O–H groups in total. The number of halogens is 4.